The van der Waals surface area contributed by atoms with E-state index in [9.17, 15) is 9.59 Å². The Morgan fingerprint density at radius 2 is 1.92 bits per heavy atom. The van der Waals surface area contributed by atoms with E-state index in [2.05, 4.69) is 15.6 Å². The third-order valence-corrected chi connectivity index (χ3v) is 3.66. The summed E-state index contributed by atoms with van der Waals surface area (Å²) in [5.41, 5.74) is 8.38. The lowest BCUT2D eigenvalue weighted by atomic mass is 10.1. The summed E-state index contributed by atoms with van der Waals surface area (Å²) in [7, 11) is 0. The molecule has 2 aromatic heterocycles. The topological polar surface area (TPSA) is 102 Å². The average molecular weight is 390 g/mol. The zero-order chi connectivity index (χ0) is 17.0. The largest absolute Gasteiger partial charge is 0.349 e. The zero-order valence-corrected chi connectivity index (χ0v) is 16.1. The molecular weight excluding hydrogens is 365 g/mol. The van der Waals surface area contributed by atoms with E-state index in [1.54, 1.807) is 0 Å². The summed E-state index contributed by atoms with van der Waals surface area (Å²) in [6.07, 6.45) is 1.89. The van der Waals surface area contributed by atoms with E-state index in [0.717, 1.165) is 17.0 Å². The third-order valence-electron chi connectivity index (χ3n) is 3.66. The van der Waals surface area contributed by atoms with Crippen molar-refractivity contribution in [1.29, 1.82) is 0 Å². The summed E-state index contributed by atoms with van der Waals surface area (Å²) in [5, 5.41) is 5.27. The molecule has 25 heavy (non-hydrogen) atoms. The maximum Gasteiger partial charge on any atom is 0.239 e. The Labute approximate surface area is 159 Å². The Kier molecular flexibility index (Phi) is 9.48. The van der Waals surface area contributed by atoms with Gasteiger partial charge in [-0.3, -0.25) is 9.59 Å². The van der Waals surface area contributed by atoms with Crippen LogP contribution < -0.4 is 16.4 Å². The minimum absolute atomic E-state index is 0. The van der Waals surface area contributed by atoms with Crippen molar-refractivity contribution in [2.75, 3.05) is 6.54 Å². The van der Waals surface area contributed by atoms with E-state index in [-0.39, 0.29) is 49.1 Å². The molecule has 2 aromatic rings. The number of hydrogen-bond acceptors (Lipinski definition) is 4. The van der Waals surface area contributed by atoms with Crippen LogP contribution >= 0.6 is 24.8 Å². The number of aromatic nitrogens is 2. The van der Waals surface area contributed by atoms with E-state index in [4.69, 9.17) is 5.73 Å². The van der Waals surface area contributed by atoms with Gasteiger partial charge in [0.1, 0.15) is 5.65 Å². The molecule has 0 bridgehead atoms. The fourth-order valence-electron chi connectivity index (χ4n) is 2.12. The van der Waals surface area contributed by atoms with Crippen LogP contribution in [0.15, 0.2) is 24.4 Å². The molecule has 0 aliphatic rings. The summed E-state index contributed by atoms with van der Waals surface area (Å²) in [5.74, 6) is -0.569. The number of rotatable bonds is 6. The molecule has 0 spiro atoms. The first-order valence-electron chi connectivity index (χ1n) is 7.62. The average Bonchev–Trinajstić information content (AvgIpc) is 2.94. The van der Waals surface area contributed by atoms with E-state index < -0.39 is 6.04 Å². The highest BCUT2D eigenvalue weighted by atomic mass is 35.5. The van der Waals surface area contributed by atoms with Crippen molar-refractivity contribution in [3.63, 3.8) is 0 Å². The van der Waals surface area contributed by atoms with Gasteiger partial charge in [0.25, 0.3) is 0 Å². The highest BCUT2D eigenvalue weighted by Gasteiger charge is 2.17. The first kappa shape index (κ1) is 23.2. The van der Waals surface area contributed by atoms with Gasteiger partial charge in [0.15, 0.2) is 0 Å². The summed E-state index contributed by atoms with van der Waals surface area (Å²) in [6.45, 7) is 5.92. The summed E-state index contributed by atoms with van der Waals surface area (Å²) < 4.78 is 1.96. The Balaban J connectivity index is 0.00000288. The van der Waals surface area contributed by atoms with Crippen molar-refractivity contribution in [2.45, 2.75) is 33.4 Å². The Hall–Kier alpha value is -1.83. The SMILES string of the molecule is Cc1cccc2nc(CNC(=O)CNC(=O)[C@@H](N)C(C)C)cn12.Cl.Cl. The molecule has 0 aromatic carbocycles. The van der Waals surface area contributed by atoms with Crippen LogP contribution in [0.3, 0.4) is 0 Å². The Morgan fingerprint density at radius 1 is 1.24 bits per heavy atom. The number of amides is 2. The summed E-state index contributed by atoms with van der Waals surface area (Å²) in [6, 6.07) is 5.23. The molecule has 140 valence electrons. The Bertz CT molecular complexity index is 718. The zero-order valence-electron chi connectivity index (χ0n) is 14.5. The van der Waals surface area contributed by atoms with Gasteiger partial charge in [0.05, 0.1) is 24.8 Å². The lowest BCUT2D eigenvalue weighted by Gasteiger charge is -2.14. The standard InChI is InChI=1S/C16H23N5O2.2ClH/c1-10(2)15(17)16(23)19-8-14(22)18-7-12-9-21-11(3)5-4-6-13(21)20-12;;/h4-6,9-10,15H,7-8,17H2,1-3H3,(H,18,22)(H,19,23);2*1H/t15-;;/m0../s1. The minimum Gasteiger partial charge on any atom is -0.349 e. The second-order valence-electron chi connectivity index (χ2n) is 5.89. The number of pyridine rings is 1. The molecule has 2 heterocycles. The number of carbonyl (C=O) groups excluding carboxylic acids is 2. The molecular formula is C16H25Cl2N5O2. The molecule has 0 saturated carbocycles. The van der Waals surface area contributed by atoms with Crippen LogP contribution in [0.25, 0.3) is 5.65 Å². The second kappa shape index (κ2) is 10.2. The molecule has 0 fully saturated rings. The lowest BCUT2D eigenvalue weighted by Crippen LogP contribution is -2.47. The smallest absolute Gasteiger partial charge is 0.239 e. The van der Waals surface area contributed by atoms with Crippen LogP contribution in [-0.2, 0) is 16.1 Å². The molecule has 1 atom stereocenters. The van der Waals surface area contributed by atoms with Crippen molar-refractivity contribution in [2.24, 2.45) is 11.7 Å². The quantitative estimate of drug-likeness (QED) is 0.690. The second-order valence-corrected chi connectivity index (χ2v) is 5.89. The molecule has 2 rings (SSSR count). The van der Waals surface area contributed by atoms with E-state index in [1.807, 2.05) is 49.6 Å². The van der Waals surface area contributed by atoms with Gasteiger partial charge < -0.3 is 20.8 Å². The molecule has 9 heteroatoms. The monoisotopic (exact) mass is 389 g/mol. The van der Waals surface area contributed by atoms with Crippen molar-refractivity contribution in [3.8, 4) is 0 Å². The molecule has 7 nitrogen and oxygen atoms in total. The first-order chi connectivity index (χ1) is 10.9. The van der Waals surface area contributed by atoms with Crippen molar-refractivity contribution < 1.29 is 9.59 Å². The van der Waals surface area contributed by atoms with Gasteiger partial charge >= 0.3 is 0 Å². The van der Waals surface area contributed by atoms with Gasteiger partial charge in [-0.1, -0.05) is 19.9 Å². The summed E-state index contributed by atoms with van der Waals surface area (Å²) in [4.78, 5) is 27.9. The van der Waals surface area contributed by atoms with Gasteiger partial charge in [0, 0.05) is 11.9 Å². The number of aryl methyl sites for hydroxylation is 1. The number of nitrogens with zero attached hydrogens (tertiary/aromatic N) is 2. The van der Waals surface area contributed by atoms with Crippen LogP contribution in [0.2, 0.25) is 0 Å². The number of fused-ring (bicyclic) bond motifs is 1. The molecule has 2 amide bonds. The number of imidazole rings is 1. The lowest BCUT2D eigenvalue weighted by molar-refractivity contribution is -0.127. The molecule has 0 radical (unpaired) electrons. The van der Waals surface area contributed by atoms with Gasteiger partial charge in [-0.05, 0) is 25.0 Å². The first-order valence-corrected chi connectivity index (χ1v) is 7.62. The van der Waals surface area contributed by atoms with Gasteiger partial charge in [-0.25, -0.2) is 4.98 Å². The van der Waals surface area contributed by atoms with Crippen molar-refractivity contribution in [1.82, 2.24) is 20.0 Å². The van der Waals surface area contributed by atoms with Crippen molar-refractivity contribution >= 4 is 42.3 Å². The van der Waals surface area contributed by atoms with Crippen LogP contribution in [0.1, 0.15) is 25.2 Å². The fraction of sp³-hybridized carbons (Fsp3) is 0.438. The van der Waals surface area contributed by atoms with E-state index in [0.29, 0.717) is 6.54 Å². The van der Waals surface area contributed by atoms with Crippen LogP contribution in [0.5, 0.6) is 0 Å². The normalized spacial score (nSPS) is 11.4. The number of hydrogen-bond donors (Lipinski definition) is 3. The third kappa shape index (κ3) is 6.19. The highest BCUT2D eigenvalue weighted by molar-refractivity contribution is 5.87. The fourth-order valence-corrected chi connectivity index (χ4v) is 2.12. The molecule has 4 N–H and O–H groups in total. The van der Waals surface area contributed by atoms with Crippen LogP contribution in [-0.4, -0.2) is 33.8 Å². The number of nitrogens with two attached hydrogens (primary N) is 1. The number of halogens is 2. The molecule has 0 aliphatic heterocycles. The van der Waals surface area contributed by atoms with E-state index in [1.165, 1.54) is 0 Å². The number of carbonyl (C=O) groups is 2. The number of nitrogens with one attached hydrogen (secondary N) is 2. The predicted octanol–water partition coefficient (Wildman–Crippen LogP) is 1.20. The molecule has 0 saturated heterocycles. The van der Waals surface area contributed by atoms with Gasteiger partial charge in [-0.15, -0.1) is 24.8 Å². The summed E-state index contributed by atoms with van der Waals surface area (Å²) >= 11 is 0. The van der Waals surface area contributed by atoms with Gasteiger partial charge in [-0.2, -0.15) is 0 Å². The highest BCUT2D eigenvalue weighted by Crippen LogP contribution is 2.08. The van der Waals surface area contributed by atoms with Crippen LogP contribution in [0, 0.1) is 12.8 Å². The maximum absolute atomic E-state index is 11.8. The van der Waals surface area contributed by atoms with Crippen molar-refractivity contribution in [3.05, 3.63) is 35.8 Å². The predicted molar refractivity (Wildman–Crippen MR) is 102 cm³/mol. The van der Waals surface area contributed by atoms with Gasteiger partial charge in [0.2, 0.25) is 11.8 Å². The molecule has 0 unspecified atom stereocenters. The van der Waals surface area contributed by atoms with E-state index >= 15 is 0 Å². The minimum atomic E-state index is -0.607. The molecule has 0 aliphatic carbocycles. The maximum atomic E-state index is 11.8. The Morgan fingerprint density at radius 3 is 2.52 bits per heavy atom. The van der Waals surface area contributed by atoms with Crippen LogP contribution in [0.4, 0.5) is 0 Å².